The summed E-state index contributed by atoms with van der Waals surface area (Å²) >= 11 is 6.66. The molecular formula is C33H37ClN6O3. The predicted octanol–water partition coefficient (Wildman–Crippen LogP) is 5.49. The van der Waals surface area contributed by atoms with E-state index in [0.717, 1.165) is 33.3 Å². The van der Waals surface area contributed by atoms with Crippen LogP contribution in [0.1, 0.15) is 69.5 Å². The molecule has 1 aliphatic carbocycles. The van der Waals surface area contributed by atoms with Crippen LogP contribution in [-0.2, 0) is 16.1 Å². The minimum Gasteiger partial charge on any atom is -0.343 e. The Morgan fingerprint density at radius 3 is 2.60 bits per heavy atom. The molecule has 2 aliphatic heterocycles. The lowest BCUT2D eigenvalue weighted by Crippen LogP contribution is -2.45. The van der Waals surface area contributed by atoms with Crippen LogP contribution in [0.5, 0.6) is 0 Å². The minimum atomic E-state index is -0.757. The minimum absolute atomic E-state index is 0.00957. The Hall–Kier alpha value is -3.85. The van der Waals surface area contributed by atoms with E-state index in [0.29, 0.717) is 50.5 Å². The molecule has 4 heterocycles. The molecule has 2 aromatic heterocycles. The van der Waals surface area contributed by atoms with Crippen LogP contribution >= 0.6 is 11.6 Å². The molecule has 0 radical (unpaired) electrons. The number of aromatic amines is 2. The third kappa shape index (κ3) is 4.87. The quantitative estimate of drug-likeness (QED) is 0.316. The summed E-state index contributed by atoms with van der Waals surface area (Å²) in [5.74, 6) is 0.0235. The number of carbonyl (C=O) groups excluding carboxylic acids is 2. The second-order valence-corrected chi connectivity index (χ2v) is 14.2. The Morgan fingerprint density at radius 1 is 1.14 bits per heavy atom. The number of fused-ring (bicyclic) bond motifs is 5. The first kappa shape index (κ1) is 28.0. The van der Waals surface area contributed by atoms with E-state index in [1.54, 1.807) is 10.8 Å². The van der Waals surface area contributed by atoms with E-state index in [4.69, 9.17) is 11.6 Å². The molecule has 2 atom stereocenters. The Balaban J connectivity index is 1.11. The molecule has 7 rings (SSSR count). The summed E-state index contributed by atoms with van der Waals surface area (Å²) in [6, 6.07) is 11.8. The van der Waals surface area contributed by atoms with Crippen molar-refractivity contribution in [1.82, 2.24) is 29.5 Å². The zero-order valence-corrected chi connectivity index (χ0v) is 25.6. The number of hydrogen-bond acceptors (Lipinski definition) is 4. The third-order valence-electron chi connectivity index (χ3n) is 9.52. The van der Waals surface area contributed by atoms with Crippen molar-refractivity contribution in [2.75, 3.05) is 19.6 Å². The van der Waals surface area contributed by atoms with Gasteiger partial charge in [-0.2, -0.15) is 5.10 Å². The summed E-state index contributed by atoms with van der Waals surface area (Å²) in [4.78, 5) is 47.7. The highest BCUT2D eigenvalue weighted by molar-refractivity contribution is 6.35. The lowest BCUT2D eigenvalue weighted by Gasteiger charge is -2.35. The largest absolute Gasteiger partial charge is 0.343 e. The van der Waals surface area contributed by atoms with Crippen LogP contribution in [0.2, 0.25) is 5.02 Å². The molecular weight excluding hydrogens is 564 g/mol. The van der Waals surface area contributed by atoms with Gasteiger partial charge in [0, 0.05) is 56.1 Å². The molecule has 0 spiro atoms. The van der Waals surface area contributed by atoms with E-state index in [-0.39, 0.29) is 41.3 Å². The summed E-state index contributed by atoms with van der Waals surface area (Å²) in [6.07, 6.45) is 5.89. The zero-order valence-electron chi connectivity index (χ0n) is 24.8. The third-order valence-corrected chi connectivity index (χ3v) is 9.82. The average Bonchev–Trinajstić information content (AvgIpc) is 3.30. The number of nitrogens with one attached hydrogen (secondary N) is 2. The summed E-state index contributed by atoms with van der Waals surface area (Å²) in [5.41, 5.74) is 3.70. The van der Waals surface area contributed by atoms with E-state index in [1.807, 2.05) is 52.4 Å². The van der Waals surface area contributed by atoms with Crippen molar-refractivity contribution in [3.63, 3.8) is 0 Å². The van der Waals surface area contributed by atoms with Gasteiger partial charge in [-0.3, -0.25) is 19.3 Å². The topological polar surface area (TPSA) is 107 Å². The molecule has 3 aliphatic rings. The first-order valence-corrected chi connectivity index (χ1v) is 15.5. The van der Waals surface area contributed by atoms with Gasteiger partial charge in [-0.1, -0.05) is 62.7 Å². The second-order valence-electron chi connectivity index (χ2n) is 13.8. The Bertz CT molecular complexity index is 1780. The summed E-state index contributed by atoms with van der Waals surface area (Å²) < 4.78 is 1.77. The van der Waals surface area contributed by atoms with Gasteiger partial charge < -0.3 is 14.8 Å². The second kappa shape index (κ2) is 10.1. The molecule has 224 valence electrons. The van der Waals surface area contributed by atoms with Gasteiger partial charge >= 0.3 is 5.69 Å². The highest BCUT2D eigenvalue weighted by Gasteiger charge is 2.64. The smallest absolute Gasteiger partial charge is 0.326 e. The van der Waals surface area contributed by atoms with Crippen LogP contribution < -0.4 is 5.69 Å². The average molecular weight is 601 g/mol. The zero-order chi connectivity index (χ0) is 30.1. The molecule has 9 nitrogen and oxygen atoms in total. The maximum atomic E-state index is 14.3. The lowest BCUT2D eigenvalue weighted by atomic mass is 9.91. The van der Waals surface area contributed by atoms with Crippen molar-refractivity contribution in [2.24, 2.45) is 10.8 Å². The molecule has 2 amide bonds. The van der Waals surface area contributed by atoms with E-state index in [9.17, 15) is 14.4 Å². The first-order valence-electron chi connectivity index (χ1n) is 15.1. The van der Waals surface area contributed by atoms with Crippen molar-refractivity contribution < 1.29 is 9.59 Å². The van der Waals surface area contributed by atoms with Gasteiger partial charge in [-0.25, -0.2) is 4.79 Å². The van der Waals surface area contributed by atoms with Gasteiger partial charge in [-0.15, -0.1) is 0 Å². The van der Waals surface area contributed by atoms with Crippen LogP contribution in [0.25, 0.3) is 22.2 Å². The Kier molecular flexibility index (Phi) is 6.57. The normalized spacial score (nSPS) is 22.4. The molecule has 2 N–H and O–H groups in total. The highest BCUT2D eigenvalue weighted by atomic mass is 35.5. The number of nitrogens with zero attached hydrogens (tertiary/aromatic N) is 4. The summed E-state index contributed by atoms with van der Waals surface area (Å²) in [6.45, 7) is 8.58. The van der Waals surface area contributed by atoms with E-state index < -0.39 is 5.41 Å². The van der Waals surface area contributed by atoms with Crippen LogP contribution in [0.15, 0.2) is 53.6 Å². The molecule has 2 aromatic carbocycles. The van der Waals surface area contributed by atoms with Crippen molar-refractivity contribution in [2.45, 2.75) is 65.0 Å². The number of likely N-dealkylation sites (tertiary alicyclic amines) is 1. The van der Waals surface area contributed by atoms with Crippen LogP contribution in [-0.4, -0.2) is 61.0 Å². The number of carbonyl (C=O) groups is 2. The van der Waals surface area contributed by atoms with Crippen LogP contribution in [0.3, 0.4) is 0 Å². The number of benzene rings is 2. The molecule has 0 bridgehead atoms. The maximum absolute atomic E-state index is 14.3. The Morgan fingerprint density at radius 2 is 1.88 bits per heavy atom. The van der Waals surface area contributed by atoms with Crippen LogP contribution in [0.4, 0.5) is 0 Å². The first-order chi connectivity index (χ1) is 20.5. The Labute approximate surface area is 255 Å². The van der Waals surface area contributed by atoms with Gasteiger partial charge in [0.25, 0.3) is 0 Å². The van der Waals surface area contributed by atoms with Gasteiger partial charge in [0.15, 0.2) is 0 Å². The standard InChI is InChI=1S/C33H37ClN6O3/c1-32(2,3)19-39-17-24-22(13-26(34)29-23(24)16-35-37-29)25-14-33(25,30(39)42)15-28(41)38-11-9-21(10-12-38)40-18-27(36-31(40)43)20-7-5-4-6-8-20/h4-8,13,16,18,21,25H,9-12,14-15,17,19H2,1-3H3,(H,35,37)(H,36,43)/t25-,33?/m1/s1. The lowest BCUT2D eigenvalue weighted by molar-refractivity contribution is -0.144. The summed E-state index contributed by atoms with van der Waals surface area (Å²) in [7, 11) is 0. The molecule has 43 heavy (non-hydrogen) atoms. The van der Waals surface area contributed by atoms with Crippen molar-refractivity contribution in [3.8, 4) is 11.3 Å². The number of amides is 2. The van der Waals surface area contributed by atoms with Gasteiger partial charge in [-0.05, 0) is 47.4 Å². The fourth-order valence-corrected chi connectivity index (χ4v) is 7.62. The molecule has 4 aromatic rings. The number of aromatic nitrogens is 4. The number of rotatable bonds is 5. The van der Waals surface area contributed by atoms with Gasteiger partial charge in [0.05, 0.1) is 27.8 Å². The predicted molar refractivity (Wildman–Crippen MR) is 166 cm³/mol. The van der Waals surface area contributed by atoms with E-state index in [1.165, 1.54) is 0 Å². The molecule has 2 fully saturated rings. The van der Waals surface area contributed by atoms with Crippen molar-refractivity contribution in [1.29, 1.82) is 0 Å². The summed E-state index contributed by atoms with van der Waals surface area (Å²) in [5, 5.41) is 8.78. The van der Waals surface area contributed by atoms with Gasteiger partial charge in [0.1, 0.15) is 0 Å². The number of H-pyrrole nitrogens is 2. The number of piperidine rings is 1. The molecule has 10 heteroatoms. The molecule has 1 saturated heterocycles. The van der Waals surface area contributed by atoms with Crippen molar-refractivity contribution in [3.05, 3.63) is 75.4 Å². The molecule has 1 saturated carbocycles. The van der Waals surface area contributed by atoms with Gasteiger partial charge in [0.2, 0.25) is 11.8 Å². The van der Waals surface area contributed by atoms with Crippen LogP contribution in [0, 0.1) is 10.8 Å². The fraction of sp³-hybridized carbons (Fsp3) is 0.455. The maximum Gasteiger partial charge on any atom is 0.326 e. The number of halogens is 1. The monoisotopic (exact) mass is 600 g/mol. The SMILES string of the molecule is CC(C)(C)CN1Cc2c(cc(Cl)c3[nH]ncc23)[C@H]2CC2(CC(=O)N2CCC(n3cc(-c4ccccc4)[nH]c3=O)CC2)C1=O. The number of hydrogen-bond donors (Lipinski definition) is 2. The highest BCUT2D eigenvalue weighted by Crippen LogP contribution is 2.65. The molecule has 1 unspecified atom stereocenters. The van der Waals surface area contributed by atoms with Crippen molar-refractivity contribution >= 4 is 34.3 Å². The van der Waals surface area contributed by atoms with E-state index >= 15 is 0 Å². The fourth-order valence-electron chi connectivity index (χ4n) is 7.35. The van der Waals surface area contributed by atoms with E-state index in [2.05, 4.69) is 36.0 Å². The number of imidazole rings is 1.